The summed E-state index contributed by atoms with van der Waals surface area (Å²) in [6.07, 6.45) is -6.61. The van der Waals surface area contributed by atoms with Crippen LogP contribution in [0.2, 0.25) is 0 Å². The Morgan fingerprint density at radius 2 is 1.88 bits per heavy atom. The molecule has 1 heterocycles. The Kier molecular flexibility index (Phi) is 7.75. The van der Waals surface area contributed by atoms with Crippen molar-refractivity contribution >= 4 is 41.8 Å². The molecule has 25 heavy (non-hydrogen) atoms. The van der Waals surface area contributed by atoms with E-state index in [0.717, 1.165) is 11.6 Å². The number of aliphatic hydroxyl groups is 4. The zero-order valence-electron chi connectivity index (χ0n) is 13.1. The van der Waals surface area contributed by atoms with Crippen molar-refractivity contribution in [1.29, 1.82) is 0 Å². The number of rotatable bonds is 6. The average molecular weight is 386 g/mol. The topological polar surface area (TPSA) is 123 Å². The minimum atomic E-state index is -1.49. The lowest BCUT2D eigenvalue weighted by Crippen LogP contribution is -2.60. The van der Waals surface area contributed by atoms with Gasteiger partial charge < -0.3 is 40.5 Å². The highest BCUT2D eigenvalue weighted by atomic mass is 32.2. The van der Waals surface area contributed by atoms with Crippen LogP contribution in [0.3, 0.4) is 0 Å². The minimum Gasteiger partial charge on any atom is -0.462 e. The molecule has 0 spiro atoms. The summed E-state index contributed by atoms with van der Waals surface area (Å²) in [5.74, 6) is 0.843. The molecule has 1 fully saturated rings. The molecule has 1 aromatic carbocycles. The van der Waals surface area contributed by atoms with Crippen LogP contribution in [0.5, 0.6) is 5.75 Å². The van der Waals surface area contributed by atoms with Crippen LogP contribution in [0.25, 0.3) is 0 Å². The number of hydrogen-bond acceptors (Lipinski definition) is 8. The van der Waals surface area contributed by atoms with E-state index in [9.17, 15) is 15.3 Å². The number of anilines is 1. The van der Waals surface area contributed by atoms with E-state index in [0.29, 0.717) is 22.4 Å². The number of hydrogen-bond donors (Lipinski definition) is 6. The molecule has 1 saturated heterocycles. The minimum absolute atomic E-state index is 0.367. The van der Waals surface area contributed by atoms with Gasteiger partial charge in [-0.05, 0) is 36.5 Å². The number of aliphatic hydroxyl groups excluding tert-OH is 4. The Hall–Kier alpha value is -1.08. The molecule has 11 heteroatoms. The van der Waals surface area contributed by atoms with Gasteiger partial charge in [0.25, 0.3) is 0 Å². The van der Waals surface area contributed by atoms with Crippen molar-refractivity contribution in [1.82, 2.24) is 5.32 Å². The molecule has 2 rings (SSSR count). The maximum Gasteiger partial charge on any atom is 0.229 e. The van der Waals surface area contributed by atoms with Gasteiger partial charge in [-0.25, -0.2) is 11.6 Å². The molecular weight excluding hydrogens is 367 g/mol. The number of nitrogens with one attached hydrogen (secondary N) is 2. The molecule has 1 aromatic rings. The largest absolute Gasteiger partial charge is 0.462 e. The quantitative estimate of drug-likeness (QED) is 0.205. The number of benzene rings is 1. The van der Waals surface area contributed by atoms with Gasteiger partial charge in [-0.3, -0.25) is 0 Å². The van der Waals surface area contributed by atoms with E-state index in [4.69, 9.17) is 33.9 Å². The van der Waals surface area contributed by atoms with Gasteiger partial charge in [0.05, 0.1) is 12.5 Å². The molecule has 0 bridgehead atoms. The van der Waals surface area contributed by atoms with Crippen LogP contribution in [-0.4, -0.2) is 75.9 Å². The first-order valence-corrected chi connectivity index (χ1v) is 8.85. The predicted molar refractivity (Wildman–Crippen MR) is 98.4 cm³/mol. The van der Waals surface area contributed by atoms with E-state index in [1.54, 1.807) is 24.3 Å². The second kappa shape index (κ2) is 9.58. The Labute approximate surface area is 155 Å². The molecule has 136 valence electrons. The Balaban J connectivity index is 1.95. The van der Waals surface area contributed by atoms with Crippen LogP contribution in [0.4, 0.5) is 5.69 Å². The molecule has 0 aromatic heterocycles. The molecule has 0 aliphatic carbocycles. The number of ether oxygens (including phenoxy) is 2. The zero-order chi connectivity index (χ0) is 18.4. The maximum atomic E-state index is 9.95. The highest BCUT2D eigenvalue weighted by molar-refractivity contribution is 8.19. The molecular formula is C14H19BN2O6S2. The SMILES string of the molecule is [B]SCNC(=S)Nc1ccc(OC2OC(CO)C(O)C(O)C2O)cc1. The molecule has 6 N–H and O–H groups in total. The van der Waals surface area contributed by atoms with Crippen molar-refractivity contribution in [2.24, 2.45) is 0 Å². The third-order valence-corrected chi connectivity index (χ3v) is 4.09. The van der Waals surface area contributed by atoms with Crippen molar-refractivity contribution in [2.45, 2.75) is 30.7 Å². The summed E-state index contributed by atoms with van der Waals surface area (Å²) in [7, 11) is 5.30. The molecule has 5 atom stereocenters. The van der Waals surface area contributed by atoms with E-state index < -0.39 is 37.3 Å². The van der Waals surface area contributed by atoms with E-state index in [2.05, 4.69) is 10.6 Å². The highest BCUT2D eigenvalue weighted by Crippen LogP contribution is 2.25. The van der Waals surface area contributed by atoms with Gasteiger partial charge in [0.1, 0.15) is 30.2 Å². The molecule has 2 radical (unpaired) electrons. The third kappa shape index (κ3) is 5.45. The second-order valence-electron chi connectivity index (χ2n) is 5.28. The lowest BCUT2D eigenvalue weighted by atomic mass is 9.99. The smallest absolute Gasteiger partial charge is 0.229 e. The first-order valence-electron chi connectivity index (χ1n) is 7.40. The zero-order valence-corrected chi connectivity index (χ0v) is 14.7. The van der Waals surface area contributed by atoms with Gasteiger partial charge in [-0.15, -0.1) is 0 Å². The fourth-order valence-electron chi connectivity index (χ4n) is 2.20. The van der Waals surface area contributed by atoms with Gasteiger partial charge in [0.2, 0.25) is 6.29 Å². The van der Waals surface area contributed by atoms with E-state index in [1.807, 2.05) is 0 Å². The first-order chi connectivity index (χ1) is 12.0. The Morgan fingerprint density at radius 1 is 1.20 bits per heavy atom. The van der Waals surface area contributed by atoms with Crippen molar-refractivity contribution in [3.8, 4) is 5.75 Å². The summed E-state index contributed by atoms with van der Waals surface area (Å²) in [6, 6.07) is 6.62. The molecule has 0 amide bonds. The predicted octanol–water partition coefficient (Wildman–Crippen LogP) is -1.07. The van der Waals surface area contributed by atoms with Gasteiger partial charge in [-0.1, -0.05) is 0 Å². The summed E-state index contributed by atoms with van der Waals surface area (Å²) in [5.41, 5.74) is 0.709. The van der Waals surface area contributed by atoms with Crippen LogP contribution in [-0.2, 0) is 4.74 Å². The summed E-state index contributed by atoms with van der Waals surface area (Å²) >= 11 is 6.19. The normalized spacial score (nSPS) is 29.0. The lowest BCUT2D eigenvalue weighted by Gasteiger charge is -2.39. The summed E-state index contributed by atoms with van der Waals surface area (Å²) in [4.78, 5) is 0. The molecule has 1 aliphatic heterocycles. The van der Waals surface area contributed by atoms with E-state index >= 15 is 0 Å². The van der Waals surface area contributed by atoms with Crippen molar-refractivity contribution < 1.29 is 29.9 Å². The van der Waals surface area contributed by atoms with Crippen LogP contribution >= 0.6 is 23.8 Å². The highest BCUT2D eigenvalue weighted by Gasteiger charge is 2.44. The van der Waals surface area contributed by atoms with Crippen LogP contribution in [0, 0.1) is 0 Å². The standard InChI is InChI=1S/C14H19BN2O6S2/c15-25-6-16-14(24)17-7-1-3-8(4-2-7)22-13-12(21)11(20)10(19)9(5-18)23-13/h1-4,9-13,18-21H,5-6H2,(H2,16,17,24). The first kappa shape index (κ1) is 20.2. The van der Waals surface area contributed by atoms with Crippen LogP contribution < -0.4 is 15.4 Å². The van der Waals surface area contributed by atoms with Crippen LogP contribution in [0.15, 0.2) is 24.3 Å². The third-order valence-electron chi connectivity index (χ3n) is 3.53. The fraction of sp³-hybridized carbons (Fsp3) is 0.500. The van der Waals surface area contributed by atoms with Crippen molar-refractivity contribution in [3.05, 3.63) is 24.3 Å². The molecule has 0 saturated carbocycles. The molecule has 8 nitrogen and oxygen atoms in total. The fourth-order valence-corrected chi connectivity index (χ4v) is 2.71. The van der Waals surface area contributed by atoms with Gasteiger partial charge in [0.15, 0.2) is 12.2 Å². The Bertz CT molecular complexity index is 565. The monoisotopic (exact) mass is 386 g/mol. The second-order valence-corrected chi connectivity index (χ2v) is 6.31. The summed E-state index contributed by atoms with van der Waals surface area (Å²) < 4.78 is 10.8. The van der Waals surface area contributed by atoms with Gasteiger partial charge in [-0.2, -0.15) is 0 Å². The summed E-state index contributed by atoms with van der Waals surface area (Å²) in [6.45, 7) is -0.515. The van der Waals surface area contributed by atoms with E-state index in [1.165, 1.54) is 0 Å². The summed E-state index contributed by atoms with van der Waals surface area (Å²) in [5, 5.41) is 44.9. The molecule has 1 aliphatic rings. The van der Waals surface area contributed by atoms with Crippen molar-refractivity contribution in [3.63, 3.8) is 0 Å². The Morgan fingerprint density at radius 3 is 2.48 bits per heavy atom. The number of thiocarbonyl (C=S) groups is 1. The van der Waals surface area contributed by atoms with Gasteiger partial charge >= 0.3 is 0 Å². The van der Waals surface area contributed by atoms with Crippen LogP contribution in [0.1, 0.15) is 0 Å². The average Bonchev–Trinajstić information content (AvgIpc) is 2.62. The maximum absolute atomic E-state index is 9.95. The van der Waals surface area contributed by atoms with E-state index in [-0.39, 0.29) is 0 Å². The van der Waals surface area contributed by atoms with Crippen molar-refractivity contribution in [2.75, 3.05) is 17.8 Å². The lowest BCUT2D eigenvalue weighted by molar-refractivity contribution is -0.277. The molecule has 5 unspecified atom stereocenters. The van der Waals surface area contributed by atoms with Gasteiger partial charge in [0, 0.05) is 5.69 Å².